The van der Waals surface area contributed by atoms with Gasteiger partial charge in [-0.25, -0.2) is 13.6 Å². The van der Waals surface area contributed by atoms with Crippen molar-refractivity contribution >= 4 is 17.6 Å². The van der Waals surface area contributed by atoms with Gasteiger partial charge in [-0.3, -0.25) is 4.98 Å². The van der Waals surface area contributed by atoms with Gasteiger partial charge in [-0.2, -0.15) is 0 Å². The number of carbonyl (C=O) groups is 1. The zero-order valence-corrected chi connectivity index (χ0v) is 7.85. The molecule has 0 aliphatic carbocycles. The summed E-state index contributed by atoms with van der Waals surface area (Å²) in [5.41, 5.74) is -0.847. The average Bonchev–Trinajstić information content (AvgIpc) is 2.08. The smallest absolute Gasteiger partial charge is 0.337 e. The van der Waals surface area contributed by atoms with Crippen LogP contribution in [0.2, 0.25) is 5.02 Å². The predicted molar refractivity (Wildman–Crippen MR) is 45.9 cm³/mol. The second-order valence-corrected chi connectivity index (χ2v) is 2.98. The Kier molecular flexibility index (Phi) is 3.00. The number of pyridine rings is 1. The molecule has 0 aromatic carbocycles. The number of aromatic nitrogens is 1. The molecule has 0 spiro atoms. The molecular formula is C8H6ClF2NO2. The molecule has 0 bridgehead atoms. The number of hydrogen-bond donors (Lipinski definition) is 1. The number of carboxylic acids is 1. The van der Waals surface area contributed by atoms with Crippen molar-refractivity contribution in [3.8, 4) is 0 Å². The molecule has 0 aliphatic rings. The summed E-state index contributed by atoms with van der Waals surface area (Å²) in [5, 5.41) is 8.53. The van der Waals surface area contributed by atoms with Gasteiger partial charge in [0.25, 0.3) is 6.43 Å². The summed E-state index contributed by atoms with van der Waals surface area (Å²) < 4.78 is 24.4. The molecule has 76 valence electrons. The fraction of sp³-hybridized carbons (Fsp3) is 0.250. The lowest BCUT2D eigenvalue weighted by atomic mass is 10.2. The maximum Gasteiger partial charge on any atom is 0.337 e. The lowest BCUT2D eigenvalue weighted by Gasteiger charge is -2.05. The zero-order chi connectivity index (χ0) is 10.9. The summed E-state index contributed by atoms with van der Waals surface area (Å²) in [4.78, 5) is 14.1. The van der Waals surface area contributed by atoms with E-state index in [1.54, 1.807) is 0 Å². The SMILES string of the molecule is Cc1nc(C(F)F)cc(C(=O)O)c1Cl. The second kappa shape index (κ2) is 3.88. The van der Waals surface area contributed by atoms with E-state index in [0.717, 1.165) is 6.07 Å². The normalized spacial score (nSPS) is 10.6. The summed E-state index contributed by atoms with van der Waals surface area (Å²) in [5.74, 6) is -1.34. The van der Waals surface area contributed by atoms with Crippen LogP contribution in [-0.4, -0.2) is 16.1 Å². The van der Waals surface area contributed by atoms with E-state index in [9.17, 15) is 13.6 Å². The van der Waals surface area contributed by atoms with E-state index < -0.39 is 18.1 Å². The van der Waals surface area contributed by atoms with Crippen molar-refractivity contribution in [1.29, 1.82) is 0 Å². The maximum absolute atomic E-state index is 12.2. The lowest BCUT2D eigenvalue weighted by Crippen LogP contribution is -2.03. The number of aryl methyl sites for hydroxylation is 1. The first kappa shape index (κ1) is 10.8. The van der Waals surface area contributed by atoms with Gasteiger partial charge < -0.3 is 5.11 Å². The number of carboxylic acid groups (broad SMARTS) is 1. The van der Waals surface area contributed by atoms with Crippen LogP contribution in [0.5, 0.6) is 0 Å². The van der Waals surface area contributed by atoms with Gasteiger partial charge in [0.1, 0.15) is 5.69 Å². The Bertz CT molecular complexity index is 382. The minimum atomic E-state index is -2.80. The molecule has 0 aliphatic heterocycles. The van der Waals surface area contributed by atoms with Gasteiger partial charge in [0.2, 0.25) is 0 Å². The predicted octanol–water partition coefficient (Wildman–Crippen LogP) is 2.68. The van der Waals surface area contributed by atoms with Crippen LogP contribution in [0.1, 0.15) is 28.2 Å². The average molecular weight is 222 g/mol. The minimum absolute atomic E-state index is 0.0851. The van der Waals surface area contributed by atoms with Gasteiger partial charge in [-0.1, -0.05) is 11.6 Å². The van der Waals surface area contributed by atoms with E-state index in [1.165, 1.54) is 6.92 Å². The van der Waals surface area contributed by atoms with Crippen molar-refractivity contribution in [2.24, 2.45) is 0 Å². The van der Waals surface area contributed by atoms with E-state index in [2.05, 4.69) is 4.98 Å². The highest BCUT2D eigenvalue weighted by molar-refractivity contribution is 6.34. The van der Waals surface area contributed by atoms with Crippen LogP contribution in [-0.2, 0) is 0 Å². The molecule has 0 unspecified atom stereocenters. The standard InChI is InChI=1S/C8H6ClF2NO2/c1-3-6(9)4(8(13)14)2-5(12-3)7(10)11/h2,7H,1H3,(H,13,14). The fourth-order valence-electron chi connectivity index (χ4n) is 0.949. The fourth-order valence-corrected chi connectivity index (χ4v) is 1.13. The molecule has 0 radical (unpaired) electrons. The Labute approximate surface area is 83.3 Å². The van der Waals surface area contributed by atoms with Crippen LogP contribution in [0.3, 0.4) is 0 Å². The number of hydrogen-bond acceptors (Lipinski definition) is 2. The van der Waals surface area contributed by atoms with Crippen molar-refractivity contribution in [1.82, 2.24) is 4.98 Å². The molecule has 0 amide bonds. The van der Waals surface area contributed by atoms with Gasteiger partial charge in [0.05, 0.1) is 16.3 Å². The van der Waals surface area contributed by atoms with Crippen LogP contribution in [0, 0.1) is 6.92 Å². The summed E-state index contributed by atoms with van der Waals surface area (Å²) in [7, 11) is 0. The summed E-state index contributed by atoms with van der Waals surface area (Å²) in [6.45, 7) is 1.38. The van der Waals surface area contributed by atoms with Crippen molar-refractivity contribution in [2.45, 2.75) is 13.3 Å². The third kappa shape index (κ3) is 1.98. The van der Waals surface area contributed by atoms with Crippen molar-refractivity contribution in [3.63, 3.8) is 0 Å². The summed E-state index contributed by atoms with van der Waals surface area (Å²) >= 11 is 5.58. The van der Waals surface area contributed by atoms with Gasteiger partial charge in [0.15, 0.2) is 0 Å². The molecule has 0 saturated carbocycles. The number of aromatic carboxylic acids is 1. The lowest BCUT2D eigenvalue weighted by molar-refractivity contribution is 0.0696. The van der Waals surface area contributed by atoms with Crippen LogP contribution in [0.15, 0.2) is 6.07 Å². The molecule has 1 heterocycles. The van der Waals surface area contributed by atoms with Crippen molar-refractivity contribution < 1.29 is 18.7 Å². The van der Waals surface area contributed by atoms with E-state index in [-0.39, 0.29) is 16.3 Å². The Morgan fingerprint density at radius 2 is 2.21 bits per heavy atom. The van der Waals surface area contributed by atoms with Gasteiger partial charge in [-0.05, 0) is 13.0 Å². The van der Waals surface area contributed by atoms with Crippen LogP contribution >= 0.6 is 11.6 Å². The van der Waals surface area contributed by atoms with Gasteiger partial charge in [0, 0.05) is 0 Å². The van der Waals surface area contributed by atoms with E-state index in [4.69, 9.17) is 16.7 Å². The second-order valence-electron chi connectivity index (χ2n) is 2.60. The first-order chi connectivity index (χ1) is 6.43. The number of rotatable bonds is 2. The number of halogens is 3. The monoisotopic (exact) mass is 221 g/mol. The summed E-state index contributed by atoms with van der Waals surface area (Å²) in [6.07, 6.45) is -2.80. The Balaban J connectivity index is 3.35. The first-order valence-electron chi connectivity index (χ1n) is 3.62. The minimum Gasteiger partial charge on any atom is -0.478 e. The van der Waals surface area contributed by atoms with E-state index in [0.29, 0.717) is 0 Å². The first-order valence-corrected chi connectivity index (χ1v) is 3.99. The molecule has 0 saturated heterocycles. The molecular weight excluding hydrogens is 216 g/mol. The molecule has 1 aromatic rings. The molecule has 6 heteroatoms. The third-order valence-corrected chi connectivity index (χ3v) is 2.07. The Morgan fingerprint density at radius 3 is 2.64 bits per heavy atom. The van der Waals surface area contributed by atoms with E-state index in [1.807, 2.05) is 0 Å². The molecule has 0 fully saturated rings. The third-order valence-electron chi connectivity index (χ3n) is 1.60. The molecule has 3 nitrogen and oxygen atoms in total. The molecule has 1 N–H and O–H groups in total. The van der Waals surface area contributed by atoms with Crippen LogP contribution in [0.25, 0.3) is 0 Å². The highest BCUT2D eigenvalue weighted by atomic mass is 35.5. The van der Waals surface area contributed by atoms with Gasteiger partial charge >= 0.3 is 5.97 Å². The van der Waals surface area contributed by atoms with E-state index >= 15 is 0 Å². The van der Waals surface area contributed by atoms with Crippen molar-refractivity contribution in [3.05, 3.63) is 28.0 Å². The van der Waals surface area contributed by atoms with Crippen LogP contribution < -0.4 is 0 Å². The van der Waals surface area contributed by atoms with Crippen molar-refractivity contribution in [2.75, 3.05) is 0 Å². The molecule has 1 aromatic heterocycles. The zero-order valence-electron chi connectivity index (χ0n) is 7.09. The van der Waals surface area contributed by atoms with Gasteiger partial charge in [-0.15, -0.1) is 0 Å². The largest absolute Gasteiger partial charge is 0.478 e. The highest BCUT2D eigenvalue weighted by Gasteiger charge is 2.17. The maximum atomic E-state index is 12.2. The molecule has 14 heavy (non-hydrogen) atoms. The molecule has 0 atom stereocenters. The summed E-state index contributed by atoms with van der Waals surface area (Å²) in [6, 6.07) is 0.780. The number of alkyl halides is 2. The Hall–Kier alpha value is -1.23. The van der Waals surface area contributed by atoms with Crippen LogP contribution in [0.4, 0.5) is 8.78 Å². The molecule has 1 rings (SSSR count). The topological polar surface area (TPSA) is 50.2 Å². The highest BCUT2D eigenvalue weighted by Crippen LogP contribution is 2.25. The number of nitrogens with zero attached hydrogens (tertiary/aromatic N) is 1. The quantitative estimate of drug-likeness (QED) is 0.835. The Morgan fingerprint density at radius 1 is 1.64 bits per heavy atom.